The molecule has 0 heterocycles. The van der Waals surface area contributed by atoms with Crippen molar-refractivity contribution in [3.8, 4) is 0 Å². The predicted molar refractivity (Wildman–Crippen MR) is 65.2 cm³/mol. The van der Waals surface area contributed by atoms with Crippen LogP contribution in [0.4, 0.5) is 20.2 Å². The number of amides is 1. The lowest BCUT2D eigenvalue weighted by Crippen LogP contribution is -2.15. The molecule has 3 N–H and O–H groups in total. The molecule has 0 saturated heterocycles. The maximum Gasteiger partial charge on any atom is 0.260 e. The zero-order valence-corrected chi connectivity index (χ0v) is 9.28. The van der Waals surface area contributed by atoms with Gasteiger partial charge in [-0.3, -0.25) is 4.79 Å². The normalized spacial score (nSPS) is 10.1. The molecule has 0 radical (unpaired) electrons. The summed E-state index contributed by atoms with van der Waals surface area (Å²) in [5.41, 5.74) is 5.73. The van der Waals surface area contributed by atoms with Gasteiger partial charge >= 0.3 is 0 Å². The average molecular weight is 248 g/mol. The van der Waals surface area contributed by atoms with Gasteiger partial charge < -0.3 is 11.1 Å². The Balaban J connectivity index is 2.25. The molecule has 0 atom stereocenters. The first-order valence-electron chi connectivity index (χ1n) is 5.19. The third-order valence-electron chi connectivity index (χ3n) is 2.37. The molecule has 92 valence electrons. The van der Waals surface area contributed by atoms with Gasteiger partial charge in [-0.1, -0.05) is 6.07 Å². The third-order valence-corrected chi connectivity index (χ3v) is 2.37. The molecule has 5 heteroatoms. The van der Waals surface area contributed by atoms with Crippen LogP contribution in [-0.4, -0.2) is 5.91 Å². The monoisotopic (exact) mass is 248 g/mol. The number of halogens is 2. The van der Waals surface area contributed by atoms with E-state index in [2.05, 4.69) is 5.32 Å². The molecule has 2 aromatic carbocycles. The number of carbonyl (C=O) groups is 1. The smallest absolute Gasteiger partial charge is 0.260 e. The molecule has 18 heavy (non-hydrogen) atoms. The largest absolute Gasteiger partial charge is 0.398 e. The third kappa shape index (κ3) is 2.45. The van der Waals surface area contributed by atoms with Crippen LogP contribution in [0.5, 0.6) is 0 Å². The molecule has 2 aromatic rings. The van der Waals surface area contributed by atoms with Crippen LogP contribution in [0.2, 0.25) is 0 Å². The molecule has 0 aliphatic carbocycles. The molecule has 0 spiro atoms. The highest BCUT2D eigenvalue weighted by atomic mass is 19.1. The van der Waals surface area contributed by atoms with Crippen molar-refractivity contribution < 1.29 is 13.6 Å². The van der Waals surface area contributed by atoms with Crippen molar-refractivity contribution in [2.24, 2.45) is 0 Å². The Bertz CT molecular complexity index is 562. The van der Waals surface area contributed by atoms with E-state index in [1.54, 1.807) is 0 Å². The zero-order valence-electron chi connectivity index (χ0n) is 9.28. The Morgan fingerprint density at radius 2 is 1.72 bits per heavy atom. The molecule has 0 saturated carbocycles. The number of benzene rings is 2. The van der Waals surface area contributed by atoms with Crippen LogP contribution in [-0.2, 0) is 0 Å². The number of carbonyl (C=O) groups excluding carboxylic acids is 1. The van der Waals surface area contributed by atoms with E-state index < -0.39 is 17.5 Å². The molecule has 0 unspecified atom stereocenters. The van der Waals surface area contributed by atoms with Crippen LogP contribution in [0.15, 0.2) is 42.5 Å². The maximum absolute atomic E-state index is 13.5. The zero-order chi connectivity index (χ0) is 13.1. The van der Waals surface area contributed by atoms with Gasteiger partial charge in [-0.25, -0.2) is 8.78 Å². The molecule has 0 aromatic heterocycles. The van der Waals surface area contributed by atoms with Gasteiger partial charge in [0.15, 0.2) is 0 Å². The van der Waals surface area contributed by atoms with Crippen molar-refractivity contribution in [3.05, 3.63) is 59.7 Å². The summed E-state index contributed by atoms with van der Waals surface area (Å²) in [4.78, 5) is 11.8. The molecule has 1 amide bonds. The molecule has 0 aliphatic heterocycles. The lowest BCUT2D eigenvalue weighted by Gasteiger charge is -2.08. The van der Waals surface area contributed by atoms with Crippen molar-refractivity contribution in [3.63, 3.8) is 0 Å². The van der Waals surface area contributed by atoms with E-state index in [-0.39, 0.29) is 11.3 Å². The fourth-order valence-corrected chi connectivity index (χ4v) is 1.51. The van der Waals surface area contributed by atoms with Crippen LogP contribution in [0.1, 0.15) is 10.4 Å². The van der Waals surface area contributed by atoms with Gasteiger partial charge in [0.2, 0.25) is 0 Å². The van der Waals surface area contributed by atoms with E-state index in [1.165, 1.54) is 36.4 Å². The van der Waals surface area contributed by atoms with Gasteiger partial charge in [-0.05, 0) is 36.4 Å². The van der Waals surface area contributed by atoms with Crippen LogP contribution in [0, 0.1) is 11.6 Å². The van der Waals surface area contributed by atoms with Gasteiger partial charge in [-0.15, -0.1) is 0 Å². The summed E-state index contributed by atoms with van der Waals surface area (Å²) in [7, 11) is 0. The van der Waals surface area contributed by atoms with Crippen LogP contribution in [0.25, 0.3) is 0 Å². The highest BCUT2D eigenvalue weighted by Gasteiger charge is 2.15. The number of hydrogen-bond acceptors (Lipinski definition) is 2. The maximum atomic E-state index is 13.5. The first-order chi connectivity index (χ1) is 8.58. The number of nitrogen functional groups attached to an aromatic ring is 1. The Morgan fingerprint density at radius 1 is 1.06 bits per heavy atom. The van der Waals surface area contributed by atoms with Crippen LogP contribution < -0.4 is 11.1 Å². The van der Waals surface area contributed by atoms with Crippen molar-refractivity contribution in [2.45, 2.75) is 0 Å². The van der Waals surface area contributed by atoms with E-state index >= 15 is 0 Å². The highest BCUT2D eigenvalue weighted by molar-refractivity contribution is 6.07. The molecule has 0 fully saturated rings. The highest BCUT2D eigenvalue weighted by Crippen LogP contribution is 2.18. The molecule has 0 bridgehead atoms. The van der Waals surface area contributed by atoms with E-state index in [9.17, 15) is 13.6 Å². The lowest BCUT2D eigenvalue weighted by molar-refractivity contribution is 0.102. The second-order valence-corrected chi connectivity index (χ2v) is 3.67. The van der Waals surface area contributed by atoms with E-state index in [4.69, 9.17) is 5.73 Å². The SMILES string of the molecule is Nc1cccc(F)c1C(=O)Nc1ccc(F)cc1. The summed E-state index contributed by atoms with van der Waals surface area (Å²) >= 11 is 0. The van der Waals surface area contributed by atoms with Gasteiger partial charge in [0, 0.05) is 11.4 Å². The topological polar surface area (TPSA) is 55.1 Å². The molecular weight excluding hydrogens is 238 g/mol. The van der Waals surface area contributed by atoms with Gasteiger partial charge in [-0.2, -0.15) is 0 Å². The van der Waals surface area contributed by atoms with Gasteiger partial charge in [0.05, 0.1) is 5.56 Å². The number of nitrogens with two attached hydrogens (primary N) is 1. The number of rotatable bonds is 2. The first kappa shape index (κ1) is 12.0. The standard InChI is InChI=1S/C13H10F2N2O/c14-8-4-6-9(7-5-8)17-13(18)12-10(15)2-1-3-11(12)16/h1-7H,16H2,(H,17,18). The van der Waals surface area contributed by atoms with Crippen molar-refractivity contribution in [1.29, 1.82) is 0 Å². The van der Waals surface area contributed by atoms with Crippen molar-refractivity contribution in [1.82, 2.24) is 0 Å². The number of anilines is 2. The number of nitrogens with one attached hydrogen (secondary N) is 1. The minimum atomic E-state index is -0.699. The van der Waals surface area contributed by atoms with Crippen molar-refractivity contribution in [2.75, 3.05) is 11.1 Å². The molecule has 3 nitrogen and oxygen atoms in total. The summed E-state index contributed by atoms with van der Waals surface area (Å²) < 4.78 is 26.1. The van der Waals surface area contributed by atoms with E-state index in [0.29, 0.717) is 5.69 Å². The van der Waals surface area contributed by atoms with Gasteiger partial charge in [0.1, 0.15) is 11.6 Å². The van der Waals surface area contributed by atoms with Crippen LogP contribution >= 0.6 is 0 Å². The quantitative estimate of drug-likeness (QED) is 0.803. The Kier molecular flexibility index (Phi) is 3.23. The summed E-state index contributed by atoms with van der Waals surface area (Å²) in [5, 5.41) is 2.44. The summed E-state index contributed by atoms with van der Waals surface area (Å²) in [5.74, 6) is -1.79. The van der Waals surface area contributed by atoms with Crippen LogP contribution in [0.3, 0.4) is 0 Å². The van der Waals surface area contributed by atoms with E-state index in [1.807, 2.05) is 0 Å². The van der Waals surface area contributed by atoms with Crippen molar-refractivity contribution >= 4 is 17.3 Å². The Hall–Kier alpha value is -2.43. The second-order valence-electron chi connectivity index (χ2n) is 3.67. The summed E-state index contributed by atoms with van der Waals surface area (Å²) in [6.45, 7) is 0. The number of hydrogen-bond donors (Lipinski definition) is 2. The summed E-state index contributed by atoms with van der Waals surface area (Å²) in [6, 6.07) is 9.15. The Morgan fingerprint density at radius 3 is 2.33 bits per heavy atom. The lowest BCUT2D eigenvalue weighted by atomic mass is 10.1. The minimum Gasteiger partial charge on any atom is -0.398 e. The Labute approximate surface area is 102 Å². The predicted octanol–water partition coefficient (Wildman–Crippen LogP) is 2.80. The molecule has 2 rings (SSSR count). The van der Waals surface area contributed by atoms with E-state index in [0.717, 1.165) is 6.07 Å². The minimum absolute atomic E-state index is 0.0506. The first-order valence-corrected chi connectivity index (χ1v) is 5.19. The fourth-order valence-electron chi connectivity index (χ4n) is 1.51. The average Bonchev–Trinajstić information content (AvgIpc) is 2.32. The second kappa shape index (κ2) is 4.83. The molecular formula is C13H10F2N2O. The fraction of sp³-hybridized carbons (Fsp3) is 0. The summed E-state index contributed by atoms with van der Waals surface area (Å²) in [6.07, 6.45) is 0. The van der Waals surface area contributed by atoms with Gasteiger partial charge in [0.25, 0.3) is 5.91 Å². The molecule has 0 aliphatic rings.